The molecular weight excluding hydrogens is 190 g/mol. The first kappa shape index (κ1) is 12.3. The number of nitrogens with zero attached hydrogens (tertiary/aromatic N) is 1. The summed E-state index contributed by atoms with van der Waals surface area (Å²) in [5.41, 5.74) is 1.84. The highest BCUT2D eigenvalue weighted by Crippen LogP contribution is 2.38. The molecule has 1 rings (SSSR count). The molecule has 1 fully saturated rings. The summed E-state index contributed by atoms with van der Waals surface area (Å²) in [6, 6.07) is 0. The lowest BCUT2D eigenvalue weighted by atomic mass is 9.80. The van der Waals surface area contributed by atoms with E-state index < -0.39 is 0 Å². The molecule has 0 unspecified atom stereocenters. The van der Waals surface area contributed by atoms with E-state index in [1.807, 2.05) is 27.7 Å². The van der Waals surface area contributed by atoms with Crippen LogP contribution in [0.4, 0.5) is 0 Å². The van der Waals surface area contributed by atoms with Gasteiger partial charge in [0.2, 0.25) is 0 Å². The number of hydrogen-bond donors (Lipinski definition) is 0. The molecule has 0 aromatic carbocycles. The topological polar surface area (TPSA) is 32.4 Å². The van der Waals surface area contributed by atoms with Crippen molar-refractivity contribution in [1.82, 2.24) is 5.06 Å². The molecule has 15 heavy (non-hydrogen) atoms. The summed E-state index contributed by atoms with van der Waals surface area (Å²) in [7, 11) is 0. The Labute approximate surface area is 92.0 Å². The molecular formula is C12H20NO2. The molecule has 0 atom stereocenters. The monoisotopic (exact) mass is 210 g/mol. The van der Waals surface area contributed by atoms with E-state index in [1.54, 1.807) is 0 Å². The zero-order valence-electron chi connectivity index (χ0n) is 10.0. The molecule has 0 saturated carbocycles. The van der Waals surface area contributed by atoms with Gasteiger partial charge >= 0.3 is 0 Å². The van der Waals surface area contributed by atoms with Gasteiger partial charge in [-0.05, 0) is 27.7 Å². The van der Waals surface area contributed by atoms with Gasteiger partial charge in [-0.2, -0.15) is 0 Å². The molecule has 0 bridgehead atoms. The molecule has 1 aliphatic rings. The van der Waals surface area contributed by atoms with Gasteiger partial charge in [-0.1, -0.05) is 12.3 Å². The van der Waals surface area contributed by atoms with Crippen molar-refractivity contribution in [2.75, 3.05) is 0 Å². The van der Waals surface area contributed by atoms with E-state index in [0.29, 0.717) is 0 Å². The molecule has 0 spiro atoms. The molecule has 1 radical (unpaired) electrons. The average molecular weight is 210 g/mol. The second kappa shape index (κ2) is 4.01. The maximum Gasteiger partial charge on any atom is 0.125 e. The molecule has 3 heteroatoms. The van der Waals surface area contributed by atoms with Crippen LogP contribution in [0.3, 0.4) is 0 Å². The van der Waals surface area contributed by atoms with Crippen LogP contribution >= 0.6 is 0 Å². The smallest absolute Gasteiger partial charge is 0.125 e. The summed E-state index contributed by atoms with van der Waals surface area (Å²) < 4.78 is 5.49. The minimum absolute atomic E-state index is 0.0782. The van der Waals surface area contributed by atoms with Crippen LogP contribution in [0.5, 0.6) is 0 Å². The van der Waals surface area contributed by atoms with E-state index in [0.717, 1.165) is 12.8 Å². The number of piperidine rings is 1. The van der Waals surface area contributed by atoms with Crippen molar-refractivity contribution in [2.45, 2.75) is 57.7 Å². The summed E-state index contributed by atoms with van der Waals surface area (Å²) in [5, 5.41) is 13.2. The molecule has 1 aliphatic heterocycles. The molecule has 85 valence electrons. The Kier molecular flexibility index (Phi) is 3.29. The number of hydroxylamine groups is 2. The van der Waals surface area contributed by atoms with Crippen LogP contribution in [0.25, 0.3) is 0 Å². The number of hydrogen-bond acceptors (Lipinski definition) is 2. The maximum absolute atomic E-state index is 12.0. The van der Waals surface area contributed by atoms with E-state index in [4.69, 9.17) is 4.74 Å². The number of rotatable bonds is 2. The first-order chi connectivity index (χ1) is 6.79. The lowest BCUT2D eigenvalue weighted by Gasteiger charge is -2.49. The van der Waals surface area contributed by atoms with Gasteiger partial charge in [-0.3, -0.25) is 0 Å². The minimum Gasteiger partial charge on any atom is -0.490 e. The fourth-order valence-corrected chi connectivity index (χ4v) is 2.41. The number of ether oxygens (including phenoxy) is 1. The van der Waals surface area contributed by atoms with Gasteiger partial charge in [0.15, 0.2) is 0 Å². The van der Waals surface area contributed by atoms with Crippen LogP contribution in [0.1, 0.15) is 40.5 Å². The Morgan fingerprint density at radius 2 is 1.80 bits per heavy atom. The SMILES string of the molecule is C=C=COC1CC(C)(C)N([O])C(C)(C)C1. The second-order valence-electron chi connectivity index (χ2n) is 5.41. The Bertz CT molecular complexity index is 259. The average Bonchev–Trinajstić information content (AvgIpc) is 2.10. The third-order valence-electron chi connectivity index (χ3n) is 2.90. The Balaban J connectivity index is 2.79. The van der Waals surface area contributed by atoms with Gasteiger partial charge in [-0.25, -0.2) is 0 Å². The summed E-state index contributed by atoms with van der Waals surface area (Å²) >= 11 is 0. The quantitative estimate of drug-likeness (QED) is 0.518. The van der Waals surface area contributed by atoms with Crippen LogP contribution in [0.2, 0.25) is 0 Å². The molecule has 0 aromatic rings. The van der Waals surface area contributed by atoms with Crippen molar-refractivity contribution in [3.05, 3.63) is 18.6 Å². The van der Waals surface area contributed by atoms with Crippen molar-refractivity contribution in [3.63, 3.8) is 0 Å². The Morgan fingerprint density at radius 3 is 2.20 bits per heavy atom. The second-order valence-corrected chi connectivity index (χ2v) is 5.41. The van der Waals surface area contributed by atoms with Gasteiger partial charge in [0.25, 0.3) is 0 Å². The molecule has 1 saturated heterocycles. The predicted octanol–water partition coefficient (Wildman–Crippen LogP) is 2.67. The van der Waals surface area contributed by atoms with Gasteiger partial charge in [-0.15, -0.1) is 10.3 Å². The van der Waals surface area contributed by atoms with Gasteiger partial charge in [0.1, 0.15) is 12.4 Å². The highest BCUT2D eigenvalue weighted by atomic mass is 16.5. The molecule has 0 aliphatic carbocycles. The summed E-state index contributed by atoms with van der Waals surface area (Å²) in [5.74, 6) is 0. The minimum atomic E-state index is -0.374. The van der Waals surface area contributed by atoms with E-state index >= 15 is 0 Å². The van der Waals surface area contributed by atoms with E-state index in [-0.39, 0.29) is 17.2 Å². The normalized spacial score (nSPS) is 25.7. The highest BCUT2D eigenvalue weighted by molar-refractivity contribution is 4.97. The molecule has 1 heterocycles. The lowest BCUT2D eigenvalue weighted by Crippen LogP contribution is -2.59. The van der Waals surface area contributed by atoms with Crippen LogP contribution < -0.4 is 0 Å². The molecule has 3 nitrogen and oxygen atoms in total. The third kappa shape index (κ3) is 2.63. The lowest BCUT2D eigenvalue weighted by molar-refractivity contribution is -0.298. The van der Waals surface area contributed by atoms with E-state index in [2.05, 4.69) is 12.3 Å². The highest BCUT2D eigenvalue weighted by Gasteiger charge is 2.46. The van der Waals surface area contributed by atoms with E-state index in [1.165, 1.54) is 11.3 Å². The van der Waals surface area contributed by atoms with Gasteiger partial charge in [0.05, 0.1) is 0 Å². The van der Waals surface area contributed by atoms with Crippen LogP contribution in [-0.2, 0) is 9.94 Å². The standard InChI is InChI=1S/C12H20NO2/c1-6-7-15-10-8-11(2,3)13(14)12(4,5)9-10/h7,10H,1,8-9H2,2-5H3. The van der Waals surface area contributed by atoms with Crippen LogP contribution in [0.15, 0.2) is 18.6 Å². The van der Waals surface area contributed by atoms with Crippen molar-refractivity contribution < 1.29 is 9.94 Å². The Hall–Kier alpha value is -0.760. The van der Waals surface area contributed by atoms with Gasteiger partial charge in [0, 0.05) is 23.9 Å². The molecule has 0 N–H and O–H groups in total. The summed E-state index contributed by atoms with van der Waals surface area (Å²) in [6.07, 6.45) is 3.03. The molecule has 0 aromatic heterocycles. The first-order valence-electron chi connectivity index (χ1n) is 5.27. The zero-order valence-corrected chi connectivity index (χ0v) is 10.0. The first-order valence-corrected chi connectivity index (χ1v) is 5.27. The van der Waals surface area contributed by atoms with Crippen LogP contribution in [0, 0.1) is 0 Å². The fraction of sp³-hybridized carbons (Fsp3) is 0.750. The van der Waals surface area contributed by atoms with E-state index in [9.17, 15) is 5.21 Å². The fourth-order valence-electron chi connectivity index (χ4n) is 2.41. The summed E-state index contributed by atoms with van der Waals surface area (Å²) in [4.78, 5) is 0. The van der Waals surface area contributed by atoms with Crippen LogP contribution in [-0.4, -0.2) is 22.2 Å². The molecule has 0 amide bonds. The van der Waals surface area contributed by atoms with Gasteiger partial charge < -0.3 is 4.74 Å². The summed E-state index contributed by atoms with van der Waals surface area (Å²) in [6.45, 7) is 11.3. The zero-order chi connectivity index (χ0) is 11.7. The largest absolute Gasteiger partial charge is 0.490 e. The third-order valence-corrected chi connectivity index (χ3v) is 2.90. The van der Waals surface area contributed by atoms with Crippen molar-refractivity contribution in [3.8, 4) is 0 Å². The van der Waals surface area contributed by atoms with Crippen molar-refractivity contribution in [2.24, 2.45) is 0 Å². The maximum atomic E-state index is 12.0. The predicted molar refractivity (Wildman–Crippen MR) is 58.5 cm³/mol. The Morgan fingerprint density at radius 1 is 1.33 bits per heavy atom. The van der Waals surface area contributed by atoms with Crippen molar-refractivity contribution in [1.29, 1.82) is 0 Å². The van der Waals surface area contributed by atoms with Crippen molar-refractivity contribution >= 4 is 0 Å².